The van der Waals surface area contributed by atoms with Crippen LogP contribution in [-0.4, -0.2) is 41.4 Å². The molecule has 1 amide bonds. The largest absolute Gasteiger partial charge is 0.481 e. The van der Waals surface area contributed by atoms with Gasteiger partial charge in [0.25, 0.3) is 0 Å². The molecule has 0 unspecified atom stereocenters. The molecule has 1 aromatic carbocycles. The summed E-state index contributed by atoms with van der Waals surface area (Å²) in [5, 5.41) is 10.7. The molecule has 0 radical (unpaired) electrons. The van der Waals surface area contributed by atoms with Gasteiger partial charge in [-0.15, -0.1) is 0 Å². The Balaban J connectivity index is 2.91. The van der Waals surface area contributed by atoms with Crippen molar-refractivity contribution in [3.05, 3.63) is 34.9 Å². The third-order valence-corrected chi connectivity index (χ3v) is 4.02. The average Bonchev–Trinajstić information content (AvgIpc) is 2.59. The minimum Gasteiger partial charge on any atom is -0.481 e. The molecule has 1 aromatic rings. The highest BCUT2D eigenvalue weighted by Crippen LogP contribution is 2.24. The van der Waals surface area contributed by atoms with Crippen molar-refractivity contribution in [3.8, 4) is 0 Å². The van der Waals surface area contributed by atoms with Crippen LogP contribution >= 0.6 is 11.6 Å². The van der Waals surface area contributed by atoms with E-state index in [1.54, 1.807) is 52.0 Å². The Morgan fingerprint density at radius 3 is 2.22 bits per heavy atom. The third kappa shape index (κ3) is 7.97. The molecule has 0 spiro atoms. The first-order chi connectivity index (χ1) is 12.6. The van der Waals surface area contributed by atoms with E-state index < -0.39 is 24.1 Å². The molecule has 0 aromatic heterocycles. The van der Waals surface area contributed by atoms with Crippen LogP contribution in [0.25, 0.3) is 0 Å². The zero-order valence-electron chi connectivity index (χ0n) is 15.9. The van der Waals surface area contributed by atoms with Crippen molar-refractivity contribution in [2.24, 2.45) is 11.8 Å². The van der Waals surface area contributed by atoms with Crippen LogP contribution in [-0.2, 0) is 24.0 Å². The molecule has 0 heterocycles. The summed E-state index contributed by atoms with van der Waals surface area (Å²) in [4.78, 5) is 40.1. The highest BCUT2D eigenvalue weighted by atomic mass is 35.5. The second kappa shape index (κ2) is 10.9. The summed E-state index contributed by atoms with van der Waals surface area (Å²) in [6.45, 7) is 6.95. The maximum Gasteiger partial charge on any atom is 0.310 e. The number of halogens is 1. The number of ether oxygens (including phenoxy) is 1. The van der Waals surface area contributed by atoms with Gasteiger partial charge in [-0.25, -0.2) is 9.90 Å². The van der Waals surface area contributed by atoms with Crippen LogP contribution in [0, 0.1) is 11.8 Å². The Morgan fingerprint density at radius 1 is 1.19 bits per heavy atom. The van der Waals surface area contributed by atoms with E-state index in [0.717, 1.165) is 5.06 Å². The SMILES string of the molecule is CC(C)C(=O)O[C@H](ON(C=O)C[C@H](CC(=O)O)c1ccc(Cl)cc1)C(C)C. The minimum absolute atomic E-state index is 0.0140. The normalized spacial score (nSPS) is 13.3. The van der Waals surface area contributed by atoms with Gasteiger partial charge < -0.3 is 9.84 Å². The van der Waals surface area contributed by atoms with Crippen molar-refractivity contribution in [2.75, 3.05) is 6.54 Å². The summed E-state index contributed by atoms with van der Waals surface area (Å²) in [6, 6.07) is 6.72. The summed E-state index contributed by atoms with van der Waals surface area (Å²) >= 11 is 5.88. The topological polar surface area (TPSA) is 93.1 Å². The molecular weight excluding hydrogens is 374 g/mol. The third-order valence-electron chi connectivity index (χ3n) is 3.77. The van der Waals surface area contributed by atoms with Gasteiger partial charge in [0, 0.05) is 16.9 Å². The molecule has 0 bridgehead atoms. The van der Waals surface area contributed by atoms with E-state index in [0.29, 0.717) is 17.0 Å². The number of amides is 1. The Labute approximate surface area is 164 Å². The predicted molar refractivity (Wildman–Crippen MR) is 99.9 cm³/mol. The monoisotopic (exact) mass is 399 g/mol. The van der Waals surface area contributed by atoms with Crippen LogP contribution < -0.4 is 0 Å². The van der Waals surface area contributed by atoms with Gasteiger partial charge in [-0.1, -0.05) is 51.4 Å². The number of hydrogen-bond donors (Lipinski definition) is 1. The number of aliphatic carboxylic acids is 1. The predicted octanol–water partition coefficient (Wildman–Crippen LogP) is 3.47. The van der Waals surface area contributed by atoms with Gasteiger partial charge in [-0.2, -0.15) is 0 Å². The van der Waals surface area contributed by atoms with Crippen LogP contribution in [0.3, 0.4) is 0 Å². The number of rotatable bonds is 11. The molecule has 0 fully saturated rings. The first-order valence-electron chi connectivity index (χ1n) is 8.70. The summed E-state index contributed by atoms with van der Waals surface area (Å²) in [6.07, 6.45) is -0.711. The summed E-state index contributed by atoms with van der Waals surface area (Å²) in [5.41, 5.74) is 0.706. The van der Waals surface area contributed by atoms with Crippen molar-refractivity contribution in [2.45, 2.75) is 46.3 Å². The smallest absolute Gasteiger partial charge is 0.310 e. The molecule has 2 atom stereocenters. The summed E-state index contributed by atoms with van der Waals surface area (Å²) in [7, 11) is 0. The fraction of sp³-hybridized carbons (Fsp3) is 0.526. The van der Waals surface area contributed by atoms with Crippen LogP contribution in [0.1, 0.15) is 45.6 Å². The number of hydroxylamine groups is 2. The number of hydrogen-bond acceptors (Lipinski definition) is 5. The number of carbonyl (C=O) groups is 3. The lowest BCUT2D eigenvalue weighted by molar-refractivity contribution is -0.272. The van der Waals surface area contributed by atoms with E-state index in [1.807, 2.05) is 0 Å². The second-order valence-electron chi connectivity index (χ2n) is 6.86. The van der Waals surface area contributed by atoms with Crippen molar-refractivity contribution in [1.29, 1.82) is 0 Å². The molecule has 7 nitrogen and oxygen atoms in total. The standard InChI is InChI=1S/C19H26ClNO6/c1-12(2)18(25)26-19(13(3)4)27-21(11-22)10-15(9-17(23)24)14-5-7-16(20)8-6-14/h5-8,11-13,15,19H,9-10H2,1-4H3,(H,23,24)/t15-,19+/m0/s1. The number of benzene rings is 1. The van der Waals surface area contributed by atoms with E-state index in [9.17, 15) is 19.5 Å². The zero-order valence-corrected chi connectivity index (χ0v) is 16.7. The molecule has 0 saturated carbocycles. The van der Waals surface area contributed by atoms with Gasteiger partial charge in [0.2, 0.25) is 12.7 Å². The minimum atomic E-state index is -1.01. The Morgan fingerprint density at radius 2 is 1.78 bits per heavy atom. The van der Waals surface area contributed by atoms with E-state index in [4.69, 9.17) is 21.2 Å². The molecule has 0 aliphatic rings. The van der Waals surface area contributed by atoms with Crippen LogP contribution in [0.2, 0.25) is 5.02 Å². The second-order valence-corrected chi connectivity index (χ2v) is 7.30. The molecule has 1 rings (SSSR count). The van der Waals surface area contributed by atoms with E-state index in [1.165, 1.54) is 0 Å². The van der Waals surface area contributed by atoms with Crippen molar-refractivity contribution in [1.82, 2.24) is 5.06 Å². The highest BCUT2D eigenvalue weighted by molar-refractivity contribution is 6.30. The zero-order chi connectivity index (χ0) is 20.6. The fourth-order valence-corrected chi connectivity index (χ4v) is 2.35. The van der Waals surface area contributed by atoms with Gasteiger partial charge >= 0.3 is 11.9 Å². The van der Waals surface area contributed by atoms with Crippen molar-refractivity contribution in [3.63, 3.8) is 0 Å². The molecule has 150 valence electrons. The van der Waals surface area contributed by atoms with Crippen LogP contribution in [0.15, 0.2) is 24.3 Å². The number of esters is 1. The lowest BCUT2D eigenvalue weighted by Crippen LogP contribution is -2.38. The summed E-state index contributed by atoms with van der Waals surface area (Å²) in [5.74, 6) is -2.51. The van der Waals surface area contributed by atoms with Gasteiger partial charge in [-0.05, 0) is 17.7 Å². The molecule has 8 heteroatoms. The van der Waals surface area contributed by atoms with Gasteiger partial charge in [-0.3, -0.25) is 14.4 Å². The quantitative estimate of drug-likeness (QED) is 0.265. The molecule has 0 aliphatic heterocycles. The highest BCUT2D eigenvalue weighted by Gasteiger charge is 2.26. The van der Waals surface area contributed by atoms with E-state index in [2.05, 4.69) is 0 Å². The lowest BCUT2D eigenvalue weighted by Gasteiger charge is -2.29. The molecule has 27 heavy (non-hydrogen) atoms. The van der Waals surface area contributed by atoms with Gasteiger partial charge in [0.15, 0.2) is 0 Å². The van der Waals surface area contributed by atoms with Crippen LogP contribution in [0.5, 0.6) is 0 Å². The van der Waals surface area contributed by atoms with Gasteiger partial charge in [0.1, 0.15) is 0 Å². The molecule has 1 N–H and O–H groups in total. The number of carbonyl (C=O) groups excluding carboxylic acids is 2. The molecule has 0 saturated heterocycles. The maximum absolute atomic E-state index is 11.8. The molecular formula is C19H26ClNO6. The Kier molecular flexibility index (Phi) is 9.25. The number of nitrogens with zero attached hydrogens (tertiary/aromatic N) is 1. The van der Waals surface area contributed by atoms with Crippen molar-refractivity contribution < 1.29 is 29.1 Å². The summed E-state index contributed by atoms with van der Waals surface area (Å²) < 4.78 is 5.29. The van der Waals surface area contributed by atoms with E-state index in [-0.39, 0.29) is 24.8 Å². The molecule has 0 aliphatic carbocycles. The Bertz CT molecular complexity index is 632. The van der Waals surface area contributed by atoms with Crippen LogP contribution in [0.4, 0.5) is 0 Å². The van der Waals surface area contributed by atoms with E-state index >= 15 is 0 Å². The maximum atomic E-state index is 11.8. The average molecular weight is 400 g/mol. The Hall–Kier alpha value is -2.12. The fourth-order valence-electron chi connectivity index (χ4n) is 2.22. The number of carboxylic acids is 1. The first kappa shape index (κ1) is 22.9. The first-order valence-corrected chi connectivity index (χ1v) is 9.08. The lowest BCUT2D eigenvalue weighted by atomic mass is 9.95. The number of carboxylic acid groups (broad SMARTS) is 1. The van der Waals surface area contributed by atoms with Gasteiger partial charge in [0.05, 0.1) is 18.9 Å². The van der Waals surface area contributed by atoms with Crippen molar-refractivity contribution >= 4 is 29.9 Å².